The van der Waals surface area contributed by atoms with E-state index in [0.29, 0.717) is 11.3 Å². The number of carbonyl (C=O) groups is 1. The molecule has 0 aliphatic carbocycles. The van der Waals surface area contributed by atoms with E-state index >= 15 is 0 Å². The monoisotopic (exact) mass is 529 g/mol. The van der Waals surface area contributed by atoms with Crippen molar-refractivity contribution in [3.8, 4) is 6.07 Å². The molecular weight excluding hydrogens is 506 g/mol. The Morgan fingerprint density at radius 2 is 1.95 bits per heavy atom. The Hall–Kier alpha value is -4.40. The van der Waals surface area contributed by atoms with Crippen LogP contribution >= 0.6 is 0 Å². The molecule has 1 unspecified atom stereocenters. The second-order valence-corrected chi connectivity index (χ2v) is 8.65. The molecule has 2 aromatic carbocycles. The van der Waals surface area contributed by atoms with Crippen molar-refractivity contribution in [2.24, 2.45) is 0 Å². The Morgan fingerprint density at radius 3 is 2.55 bits per heavy atom. The van der Waals surface area contributed by atoms with Crippen LogP contribution in [0.2, 0.25) is 0 Å². The minimum atomic E-state index is -4.45. The number of nitriles is 1. The number of carbonyl (C=O) groups excluding carboxylic acids is 1. The van der Waals surface area contributed by atoms with Gasteiger partial charge in [-0.1, -0.05) is 12.1 Å². The van der Waals surface area contributed by atoms with Crippen molar-refractivity contribution in [3.05, 3.63) is 92.1 Å². The maximum Gasteiger partial charge on any atom is 0.416 e. The van der Waals surface area contributed by atoms with Gasteiger partial charge in [0.05, 0.1) is 46.6 Å². The summed E-state index contributed by atoms with van der Waals surface area (Å²) in [5.41, 5.74) is -0.290. The number of nitrogens with one attached hydrogen (secondary N) is 1. The fourth-order valence-electron chi connectivity index (χ4n) is 4.14. The summed E-state index contributed by atoms with van der Waals surface area (Å²) < 4.78 is 54.1. The third-order valence-corrected chi connectivity index (χ3v) is 6.15. The van der Waals surface area contributed by atoms with Crippen molar-refractivity contribution in [2.75, 3.05) is 18.5 Å². The van der Waals surface area contributed by atoms with Crippen LogP contribution in [0.5, 0.6) is 0 Å². The van der Waals surface area contributed by atoms with Gasteiger partial charge in [0.25, 0.3) is 11.5 Å². The van der Waals surface area contributed by atoms with Gasteiger partial charge in [0, 0.05) is 13.0 Å². The number of benzene rings is 2. The van der Waals surface area contributed by atoms with Gasteiger partial charge in [-0.3, -0.25) is 9.59 Å². The molecule has 38 heavy (non-hydrogen) atoms. The van der Waals surface area contributed by atoms with E-state index in [1.165, 1.54) is 29.2 Å². The first kappa shape index (κ1) is 26.7. The fraction of sp³-hybridized carbons (Fsp3) is 0.308. The Morgan fingerprint density at radius 1 is 1.24 bits per heavy atom. The van der Waals surface area contributed by atoms with E-state index in [1.807, 2.05) is 6.07 Å². The maximum absolute atomic E-state index is 14.4. The minimum Gasteiger partial charge on any atom is -0.408 e. The summed E-state index contributed by atoms with van der Waals surface area (Å²) in [7, 11) is 0. The summed E-state index contributed by atoms with van der Waals surface area (Å²) in [6.07, 6.45) is -4.24. The number of anilines is 1. The summed E-state index contributed by atoms with van der Waals surface area (Å²) >= 11 is 0. The van der Waals surface area contributed by atoms with E-state index in [-0.39, 0.29) is 48.8 Å². The van der Waals surface area contributed by atoms with E-state index in [9.17, 15) is 27.2 Å². The van der Waals surface area contributed by atoms with Gasteiger partial charge in [0.15, 0.2) is 0 Å². The first-order valence-electron chi connectivity index (χ1n) is 11.7. The predicted octanol–water partition coefficient (Wildman–Crippen LogP) is 4.09. The van der Waals surface area contributed by atoms with Crippen LogP contribution in [0.15, 0.2) is 47.3 Å². The third-order valence-electron chi connectivity index (χ3n) is 6.15. The molecule has 4 rings (SSSR count). The van der Waals surface area contributed by atoms with E-state index in [1.54, 1.807) is 13.8 Å². The Kier molecular flexibility index (Phi) is 7.39. The molecule has 0 saturated carbocycles. The zero-order valence-corrected chi connectivity index (χ0v) is 20.5. The molecule has 1 aliphatic heterocycles. The molecule has 1 aliphatic rings. The summed E-state index contributed by atoms with van der Waals surface area (Å²) in [5, 5.41) is 11.9. The van der Waals surface area contributed by atoms with E-state index < -0.39 is 35.1 Å². The number of halogens is 4. The van der Waals surface area contributed by atoms with Crippen LogP contribution in [-0.2, 0) is 19.1 Å². The Balaban J connectivity index is 1.60. The fourth-order valence-corrected chi connectivity index (χ4v) is 4.14. The van der Waals surface area contributed by atoms with Gasteiger partial charge in [-0.05, 0) is 49.7 Å². The van der Waals surface area contributed by atoms with Crippen molar-refractivity contribution in [1.29, 1.82) is 5.26 Å². The number of fused-ring (bicyclic) bond motifs is 1. The van der Waals surface area contributed by atoms with Crippen molar-refractivity contribution in [3.63, 3.8) is 0 Å². The molecule has 1 aromatic heterocycles. The van der Waals surface area contributed by atoms with Crippen LogP contribution < -0.4 is 15.7 Å². The Bertz CT molecular complexity index is 1460. The van der Waals surface area contributed by atoms with Crippen LogP contribution in [0.4, 0.5) is 23.5 Å². The minimum absolute atomic E-state index is 0.0703. The quantitative estimate of drug-likeness (QED) is 0.483. The molecule has 1 N–H and O–H groups in total. The van der Waals surface area contributed by atoms with Crippen LogP contribution in [0.25, 0.3) is 0 Å². The molecule has 0 fully saturated rings. The van der Waals surface area contributed by atoms with Gasteiger partial charge in [-0.2, -0.15) is 18.4 Å². The molecule has 198 valence electrons. The standard InChI is InChI=1S/C26H23F4N5O3/c1-3-38-35-24(37)20-14-34(23(36)19-9-4-16(13-31)12-21(19)27)11-10-22(20)33-25(35)32-15(2)17-5-7-18(8-6-17)26(28,29)30/h4-9,12,15H,3,10-11,14H2,1-2H3,(H,32,33). The molecule has 0 radical (unpaired) electrons. The number of alkyl halides is 3. The van der Waals surface area contributed by atoms with E-state index in [2.05, 4.69) is 10.3 Å². The molecule has 0 saturated heterocycles. The lowest BCUT2D eigenvalue weighted by molar-refractivity contribution is -0.137. The number of hydrogen-bond acceptors (Lipinski definition) is 6. The number of rotatable bonds is 6. The van der Waals surface area contributed by atoms with Gasteiger partial charge < -0.3 is 15.1 Å². The van der Waals surface area contributed by atoms with Gasteiger partial charge >= 0.3 is 6.18 Å². The summed E-state index contributed by atoms with van der Waals surface area (Å²) in [5.74, 6) is -1.39. The molecule has 12 heteroatoms. The molecule has 8 nitrogen and oxygen atoms in total. The van der Waals surface area contributed by atoms with E-state index in [4.69, 9.17) is 10.1 Å². The zero-order valence-electron chi connectivity index (χ0n) is 20.5. The molecule has 1 atom stereocenters. The largest absolute Gasteiger partial charge is 0.416 e. The Labute approximate surface area is 215 Å². The second-order valence-electron chi connectivity index (χ2n) is 8.65. The average Bonchev–Trinajstić information content (AvgIpc) is 2.89. The topological polar surface area (TPSA) is 100 Å². The normalized spacial score (nSPS) is 13.9. The van der Waals surface area contributed by atoms with Crippen LogP contribution in [0, 0.1) is 17.1 Å². The van der Waals surface area contributed by atoms with E-state index in [0.717, 1.165) is 22.9 Å². The highest BCUT2D eigenvalue weighted by Gasteiger charge is 2.31. The molecule has 0 spiro atoms. The highest BCUT2D eigenvalue weighted by atomic mass is 19.4. The SMILES string of the molecule is CCOn1c(NC(C)c2ccc(C(F)(F)F)cc2)nc2c(c1=O)CN(C(=O)c1ccc(C#N)cc1F)CC2. The second kappa shape index (κ2) is 10.5. The van der Waals surface area contributed by atoms with Crippen molar-refractivity contribution < 1.29 is 27.2 Å². The highest BCUT2D eigenvalue weighted by Crippen LogP contribution is 2.30. The van der Waals surface area contributed by atoms with Gasteiger partial charge in [-0.15, -0.1) is 4.73 Å². The molecule has 2 heterocycles. The molecule has 1 amide bonds. The summed E-state index contributed by atoms with van der Waals surface area (Å²) in [6.45, 7) is 3.53. The highest BCUT2D eigenvalue weighted by molar-refractivity contribution is 5.94. The smallest absolute Gasteiger partial charge is 0.408 e. The average molecular weight is 529 g/mol. The lowest BCUT2D eigenvalue weighted by atomic mass is 10.0. The number of hydrogen-bond donors (Lipinski definition) is 1. The number of nitrogens with zero attached hydrogens (tertiary/aromatic N) is 4. The first-order valence-corrected chi connectivity index (χ1v) is 11.7. The first-order chi connectivity index (χ1) is 18.0. The predicted molar refractivity (Wildman–Crippen MR) is 129 cm³/mol. The lowest BCUT2D eigenvalue weighted by Gasteiger charge is -2.29. The van der Waals surface area contributed by atoms with Gasteiger partial charge in [-0.25, -0.2) is 9.37 Å². The third kappa shape index (κ3) is 5.32. The number of aromatic nitrogens is 2. The summed E-state index contributed by atoms with van der Waals surface area (Å²) in [6, 6.07) is 9.48. The summed E-state index contributed by atoms with van der Waals surface area (Å²) in [4.78, 5) is 37.6. The van der Waals surface area contributed by atoms with Crippen molar-refractivity contribution in [2.45, 2.75) is 39.0 Å². The molecule has 3 aromatic rings. The van der Waals surface area contributed by atoms with Gasteiger partial charge in [0.2, 0.25) is 5.95 Å². The molecular formula is C26H23F4N5O3. The zero-order chi connectivity index (χ0) is 27.6. The number of amides is 1. The van der Waals surface area contributed by atoms with Crippen LogP contribution in [0.3, 0.4) is 0 Å². The van der Waals surface area contributed by atoms with Gasteiger partial charge in [0.1, 0.15) is 12.4 Å². The maximum atomic E-state index is 14.4. The van der Waals surface area contributed by atoms with Crippen LogP contribution in [-0.4, -0.2) is 33.7 Å². The van der Waals surface area contributed by atoms with Crippen molar-refractivity contribution >= 4 is 11.9 Å². The molecule has 0 bridgehead atoms. The lowest BCUT2D eigenvalue weighted by Crippen LogP contribution is -2.43. The van der Waals surface area contributed by atoms with Crippen molar-refractivity contribution in [1.82, 2.24) is 14.6 Å². The van der Waals surface area contributed by atoms with Crippen LogP contribution in [0.1, 0.15) is 58.2 Å².